The van der Waals surface area contributed by atoms with Gasteiger partial charge in [0.15, 0.2) is 0 Å². The van der Waals surface area contributed by atoms with E-state index in [2.05, 4.69) is 0 Å². The van der Waals surface area contributed by atoms with Crippen molar-refractivity contribution in [3.63, 3.8) is 0 Å². The summed E-state index contributed by atoms with van der Waals surface area (Å²) >= 11 is 0. The van der Waals surface area contributed by atoms with Gasteiger partial charge in [-0.05, 0) is 17.0 Å². The quantitative estimate of drug-likeness (QED) is 0.751. The van der Waals surface area contributed by atoms with Crippen LogP contribution in [-0.4, -0.2) is 39.5 Å². The number of rotatable bonds is 9. The Morgan fingerprint density at radius 3 is 2.38 bits per heavy atom. The number of ether oxygens (including phenoxy) is 1. The van der Waals surface area contributed by atoms with E-state index in [0.717, 1.165) is 11.1 Å². The van der Waals surface area contributed by atoms with Crippen molar-refractivity contribution in [2.24, 2.45) is 11.7 Å². The van der Waals surface area contributed by atoms with Gasteiger partial charge in [-0.2, -0.15) is 4.31 Å². The summed E-state index contributed by atoms with van der Waals surface area (Å²) in [6.45, 7) is 5.61. The van der Waals surface area contributed by atoms with Gasteiger partial charge in [-0.3, -0.25) is 0 Å². The molecular formula is C15H26N2O3S. The van der Waals surface area contributed by atoms with E-state index in [1.165, 1.54) is 4.31 Å². The first kappa shape index (κ1) is 18.1. The fraction of sp³-hybridized carbons (Fsp3) is 0.600. The number of benzene rings is 1. The molecule has 0 spiro atoms. The number of hydrogen-bond acceptors (Lipinski definition) is 4. The molecule has 1 rings (SSSR count). The zero-order chi connectivity index (χ0) is 15.9. The number of nitrogens with zero attached hydrogens (tertiary/aromatic N) is 1. The standard InChI is InChI=1S/C15H26N2O3S/c1-13(2)11-17(8-9-20-3)21(18,19)12-15-7-5-4-6-14(15)10-16/h4-7,13H,8-12,16H2,1-3H3. The lowest BCUT2D eigenvalue weighted by atomic mass is 10.1. The van der Waals surface area contributed by atoms with Crippen molar-refractivity contribution in [1.29, 1.82) is 0 Å². The maximum Gasteiger partial charge on any atom is 0.218 e. The molecule has 0 atom stereocenters. The van der Waals surface area contributed by atoms with Crippen molar-refractivity contribution in [3.05, 3.63) is 35.4 Å². The second-order valence-corrected chi connectivity index (χ2v) is 7.44. The van der Waals surface area contributed by atoms with Gasteiger partial charge in [-0.25, -0.2) is 8.42 Å². The zero-order valence-corrected chi connectivity index (χ0v) is 13.9. The maximum absolute atomic E-state index is 12.6. The summed E-state index contributed by atoms with van der Waals surface area (Å²) < 4.78 is 31.8. The van der Waals surface area contributed by atoms with Crippen molar-refractivity contribution in [1.82, 2.24) is 4.31 Å². The third-order valence-corrected chi connectivity index (χ3v) is 4.98. The lowest BCUT2D eigenvalue weighted by Gasteiger charge is -2.24. The van der Waals surface area contributed by atoms with Gasteiger partial charge in [0.1, 0.15) is 0 Å². The van der Waals surface area contributed by atoms with Crippen molar-refractivity contribution >= 4 is 10.0 Å². The average Bonchev–Trinajstić information content (AvgIpc) is 2.43. The molecular weight excluding hydrogens is 288 g/mol. The minimum Gasteiger partial charge on any atom is -0.383 e. The molecule has 6 heteroatoms. The van der Waals surface area contributed by atoms with E-state index < -0.39 is 10.0 Å². The number of nitrogens with two attached hydrogens (primary N) is 1. The minimum atomic E-state index is -3.38. The smallest absolute Gasteiger partial charge is 0.218 e. The van der Waals surface area contributed by atoms with Crippen LogP contribution in [0.1, 0.15) is 25.0 Å². The molecule has 0 amide bonds. The largest absolute Gasteiger partial charge is 0.383 e. The van der Waals surface area contributed by atoms with Gasteiger partial charge >= 0.3 is 0 Å². The molecule has 0 saturated heterocycles. The Balaban J connectivity index is 2.94. The SMILES string of the molecule is COCCN(CC(C)C)S(=O)(=O)Cc1ccccc1CN. The van der Waals surface area contributed by atoms with Gasteiger partial charge in [0.2, 0.25) is 10.0 Å². The van der Waals surface area contributed by atoms with E-state index in [4.69, 9.17) is 10.5 Å². The molecule has 0 fully saturated rings. The number of methoxy groups -OCH3 is 1. The molecule has 0 aromatic heterocycles. The molecule has 0 aliphatic carbocycles. The fourth-order valence-corrected chi connectivity index (χ4v) is 3.86. The van der Waals surface area contributed by atoms with Crippen LogP contribution in [0.3, 0.4) is 0 Å². The van der Waals surface area contributed by atoms with Crippen LogP contribution in [0.15, 0.2) is 24.3 Å². The van der Waals surface area contributed by atoms with Gasteiger partial charge in [-0.1, -0.05) is 38.1 Å². The molecule has 0 saturated carbocycles. The summed E-state index contributed by atoms with van der Waals surface area (Å²) in [6.07, 6.45) is 0. The molecule has 1 aromatic rings. The van der Waals surface area contributed by atoms with E-state index in [-0.39, 0.29) is 11.7 Å². The number of hydrogen-bond donors (Lipinski definition) is 1. The van der Waals surface area contributed by atoms with Gasteiger partial charge in [0.05, 0.1) is 12.4 Å². The number of sulfonamides is 1. The molecule has 1 aromatic carbocycles. The Hall–Kier alpha value is -0.950. The molecule has 5 nitrogen and oxygen atoms in total. The van der Waals surface area contributed by atoms with Crippen molar-refractivity contribution in [3.8, 4) is 0 Å². The average molecular weight is 314 g/mol. The van der Waals surface area contributed by atoms with Gasteiger partial charge < -0.3 is 10.5 Å². The summed E-state index contributed by atoms with van der Waals surface area (Å²) in [6, 6.07) is 7.40. The Labute approximate surface area is 128 Å². The predicted octanol–water partition coefficient (Wildman–Crippen LogP) is 1.58. The topological polar surface area (TPSA) is 72.6 Å². The molecule has 0 radical (unpaired) electrons. The van der Waals surface area contributed by atoms with E-state index in [0.29, 0.717) is 26.2 Å². The Bertz CT molecular complexity index is 529. The monoisotopic (exact) mass is 314 g/mol. The van der Waals surface area contributed by atoms with Crippen LogP contribution in [0.5, 0.6) is 0 Å². The highest BCUT2D eigenvalue weighted by Crippen LogP contribution is 2.16. The predicted molar refractivity (Wildman–Crippen MR) is 85.2 cm³/mol. The molecule has 0 aliphatic rings. The van der Waals surface area contributed by atoms with E-state index in [1.807, 2.05) is 38.1 Å². The molecule has 21 heavy (non-hydrogen) atoms. The van der Waals surface area contributed by atoms with Crippen molar-refractivity contribution < 1.29 is 13.2 Å². The minimum absolute atomic E-state index is 0.0171. The third kappa shape index (κ3) is 5.74. The lowest BCUT2D eigenvalue weighted by Crippen LogP contribution is -2.37. The molecule has 0 aliphatic heterocycles. The zero-order valence-electron chi connectivity index (χ0n) is 13.1. The second-order valence-electron chi connectivity index (χ2n) is 5.47. The van der Waals surface area contributed by atoms with Crippen LogP contribution in [0.25, 0.3) is 0 Å². The summed E-state index contributed by atoms with van der Waals surface area (Å²) in [7, 11) is -1.80. The van der Waals surface area contributed by atoms with E-state index in [1.54, 1.807) is 7.11 Å². The van der Waals surface area contributed by atoms with Crippen molar-refractivity contribution in [2.75, 3.05) is 26.8 Å². The Morgan fingerprint density at radius 1 is 1.24 bits per heavy atom. The van der Waals surface area contributed by atoms with Crippen LogP contribution in [0.4, 0.5) is 0 Å². The highest BCUT2D eigenvalue weighted by molar-refractivity contribution is 7.88. The van der Waals surface area contributed by atoms with Crippen LogP contribution in [0, 0.1) is 5.92 Å². The first-order chi connectivity index (χ1) is 9.90. The summed E-state index contributed by atoms with van der Waals surface area (Å²) in [4.78, 5) is 0. The Morgan fingerprint density at radius 2 is 1.86 bits per heavy atom. The molecule has 0 heterocycles. The van der Waals surface area contributed by atoms with Crippen LogP contribution >= 0.6 is 0 Å². The molecule has 0 unspecified atom stereocenters. The Kier molecular flexibility index (Phi) is 7.31. The molecule has 120 valence electrons. The van der Waals surface area contributed by atoms with E-state index in [9.17, 15) is 8.42 Å². The van der Waals surface area contributed by atoms with E-state index >= 15 is 0 Å². The third-order valence-electron chi connectivity index (χ3n) is 3.18. The highest BCUT2D eigenvalue weighted by Gasteiger charge is 2.23. The fourth-order valence-electron chi connectivity index (χ4n) is 2.13. The van der Waals surface area contributed by atoms with Crippen LogP contribution < -0.4 is 5.73 Å². The second kappa shape index (κ2) is 8.48. The first-order valence-corrected chi connectivity index (χ1v) is 8.75. The molecule has 0 bridgehead atoms. The van der Waals surface area contributed by atoms with Crippen LogP contribution in [0.2, 0.25) is 0 Å². The summed E-state index contributed by atoms with van der Waals surface area (Å²) in [5.74, 6) is 0.248. The molecule has 2 N–H and O–H groups in total. The maximum atomic E-state index is 12.6. The summed E-state index contributed by atoms with van der Waals surface area (Å²) in [5.41, 5.74) is 7.32. The van der Waals surface area contributed by atoms with Gasteiger partial charge in [-0.15, -0.1) is 0 Å². The summed E-state index contributed by atoms with van der Waals surface area (Å²) in [5, 5.41) is 0. The van der Waals surface area contributed by atoms with Crippen molar-refractivity contribution in [2.45, 2.75) is 26.1 Å². The van der Waals surface area contributed by atoms with Crippen LogP contribution in [-0.2, 0) is 27.1 Å². The lowest BCUT2D eigenvalue weighted by molar-refractivity contribution is 0.175. The highest BCUT2D eigenvalue weighted by atomic mass is 32.2. The van der Waals surface area contributed by atoms with Gasteiger partial charge in [0.25, 0.3) is 0 Å². The normalized spacial score (nSPS) is 12.3. The first-order valence-electron chi connectivity index (χ1n) is 7.14. The van der Waals surface area contributed by atoms with Gasteiger partial charge in [0, 0.05) is 26.7 Å².